The minimum Gasteiger partial charge on any atom is -0.236 e. The first-order valence-corrected chi connectivity index (χ1v) is 5.15. The number of hydrogen-bond acceptors (Lipinski definition) is 2. The van der Waals surface area contributed by atoms with E-state index in [0.29, 0.717) is 5.15 Å². The molecule has 1 aromatic heterocycles. The molecule has 0 N–H and O–H groups in total. The summed E-state index contributed by atoms with van der Waals surface area (Å²) in [5.74, 6) is 0. The zero-order valence-electron chi connectivity index (χ0n) is 8.68. The quantitative estimate of drug-likeness (QED) is 0.334. The van der Waals surface area contributed by atoms with Gasteiger partial charge in [-0.15, -0.1) is 0 Å². The van der Waals surface area contributed by atoms with Crippen molar-refractivity contribution in [2.45, 2.75) is 13.5 Å². The summed E-state index contributed by atoms with van der Waals surface area (Å²) in [6.45, 7) is 2.23. The van der Waals surface area contributed by atoms with Crippen LogP contribution in [0.3, 0.4) is 0 Å². The molecular weight excluding hydrogens is 224 g/mol. The third-order valence-corrected chi connectivity index (χ3v) is 2.63. The fraction of sp³-hybridized carbons (Fsp3) is 0.182. The molecule has 0 aliphatic rings. The summed E-state index contributed by atoms with van der Waals surface area (Å²) in [6.07, 6.45) is 0. The lowest BCUT2D eigenvalue weighted by Gasteiger charge is -2.04. The van der Waals surface area contributed by atoms with Crippen LogP contribution in [-0.2, 0) is 6.54 Å². The van der Waals surface area contributed by atoms with Gasteiger partial charge >= 0.3 is 0 Å². The molecule has 0 spiro atoms. The Morgan fingerprint density at radius 1 is 1.44 bits per heavy atom. The van der Waals surface area contributed by atoms with Gasteiger partial charge in [-0.25, -0.2) is 4.98 Å². The SMILES string of the molecule is Cc1ccc2cc(CN=[N+]=[N-])c(Cl)nc2c1. The standard InChI is InChI=1S/C11H9ClN4/c1-7-2-3-8-5-9(6-14-16-13)11(12)15-10(8)4-7/h2-5H,6H2,1H3. The topological polar surface area (TPSA) is 61.7 Å². The third-order valence-electron chi connectivity index (χ3n) is 2.30. The second-order valence-electron chi connectivity index (χ2n) is 3.52. The van der Waals surface area contributed by atoms with Crippen LogP contribution in [-0.4, -0.2) is 4.98 Å². The van der Waals surface area contributed by atoms with E-state index in [1.807, 2.05) is 31.2 Å². The molecule has 80 valence electrons. The molecule has 0 radical (unpaired) electrons. The molecule has 2 aromatic rings. The number of aromatic nitrogens is 1. The summed E-state index contributed by atoms with van der Waals surface area (Å²) < 4.78 is 0. The maximum absolute atomic E-state index is 8.26. The number of benzene rings is 1. The molecular formula is C11H9ClN4. The van der Waals surface area contributed by atoms with Crippen LogP contribution in [0, 0.1) is 6.92 Å². The van der Waals surface area contributed by atoms with Gasteiger partial charge in [-0.05, 0) is 35.7 Å². The zero-order chi connectivity index (χ0) is 11.5. The van der Waals surface area contributed by atoms with E-state index in [4.69, 9.17) is 17.1 Å². The number of rotatable bonds is 2. The van der Waals surface area contributed by atoms with E-state index < -0.39 is 0 Å². The number of pyridine rings is 1. The van der Waals surface area contributed by atoms with E-state index >= 15 is 0 Å². The molecule has 1 aromatic carbocycles. The van der Waals surface area contributed by atoms with Crippen molar-refractivity contribution >= 4 is 22.5 Å². The fourth-order valence-corrected chi connectivity index (χ4v) is 1.72. The Hall–Kier alpha value is -1.77. The van der Waals surface area contributed by atoms with Crippen LogP contribution in [0.5, 0.6) is 0 Å². The number of hydrogen-bond donors (Lipinski definition) is 0. The van der Waals surface area contributed by atoms with Gasteiger partial charge in [0.15, 0.2) is 0 Å². The van der Waals surface area contributed by atoms with E-state index in [-0.39, 0.29) is 6.54 Å². The number of fused-ring (bicyclic) bond motifs is 1. The normalized spacial score (nSPS) is 10.1. The van der Waals surface area contributed by atoms with E-state index in [1.54, 1.807) is 0 Å². The highest BCUT2D eigenvalue weighted by atomic mass is 35.5. The van der Waals surface area contributed by atoms with Gasteiger partial charge in [0.1, 0.15) is 5.15 Å². The first kappa shape index (κ1) is 10.7. The minimum absolute atomic E-state index is 0.228. The summed E-state index contributed by atoms with van der Waals surface area (Å²) >= 11 is 6.00. The van der Waals surface area contributed by atoms with Crippen molar-refractivity contribution in [3.8, 4) is 0 Å². The molecule has 0 saturated carbocycles. The van der Waals surface area contributed by atoms with Crippen molar-refractivity contribution in [1.82, 2.24) is 4.98 Å². The van der Waals surface area contributed by atoms with Crippen molar-refractivity contribution in [1.29, 1.82) is 0 Å². The summed E-state index contributed by atoms with van der Waals surface area (Å²) in [7, 11) is 0. The second kappa shape index (κ2) is 4.39. The van der Waals surface area contributed by atoms with Crippen LogP contribution >= 0.6 is 11.6 Å². The number of azide groups is 1. The van der Waals surface area contributed by atoms with Crippen molar-refractivity contribution in [2.75, 3.05) is 0 Å². The van der Waals surface area contributed by atoms with Crippen molar-refractivity contribution in [3.05, 3.63) is 51.0 Å². The Balaban J connectivity index is 2.57. The molecule has 1 heterocycles. The highest BCUT2D eigenvalue weighted by Gasteiger charge is 2.04. The summed E-state index contributed by atoms with van der Waals surface area (Å²) in [5, 5.41) is 4.88. The van der Waals surface area contributed by atoms with Crippen molar-refractivity contribution in [3.63, 3.8) is 0 Å². The highest BCUT2D eigenvalue weighted by molar-refractivity contribution is 6.30. The van der Waals surface area contributed by atoms with Crippen LogP contribution in [0.25, 0.3) is 21.3 Å². The lowest BCUT2D eigenvalue weighted by Crippen LogP contribution is -1.89. The molecule has 0 fully saturated rings. The van der Waals surface area contributed by atoms with Gasteiger partial charge in [-0.3, -0.25) is 0 Å². The Morgan fingerprint density at radius 3 is 3.00 bits per heavy atom. The monoisotopic (exact) mass is 232 g/mol. The van der Waals surface area contributed by atoms with Crippen LogP contribution in [0.4, 0.5) is 0 Å². The smallest absolute Gasteiger partial charge is 0.133 e. The predicted octanol–water partition coefficient (Wildman–Crippen LogP) is 4.01. The summed E-state index contributed by atoms with van der Waals surface area (Å²) in [5.41, 5.74) is 11.0. The maximum atomic E-state index is 8.26. The summed E-state index contributed by atoms with van der Waals surface area (Å²) in [6, 6.07) is 7.86. The van der Waals surface area contributed by atoms with Crippen LogP contribution in [0.15, 0.2) is 29.4 Å². The number of halogens is 1. The van der Waals surface area contributed by atoms with Gasteiger partial charge < -0.3 is 0 Å². The second-order valence-corrected chi connectivity index (χ2v) is 3.88. The zero-order valence-corrected chi connectivity index (χ0v) is 9.44. The molecule has 16 heavy (non-hydrogen) atoms. The maximum Gasteiger partial charge on any atom is 0.133 e. The molecule has 0 saturated heterocycles. The Bertz CT molecular complexity index is 588. The van der Waals surface area contributed by atoms with Crippen LogP contribution in [0.2, 0.25) is 5.15 Å². The average molecular weight is 233 g/mol. The minimum atomic E-state index is 0.228. The Kier molecular flexibility index (Phi) is 2.95. The molecule has 0 aliphatic carbocycles. The van der Waals surface area contributed by atoms with E-state index in [9.17, 15) is 0 Å². The lowest BCUT2D eigenvalue weighted by molar-refractivity contribution is 1.04. The molecule has 0 atom stereocenters. The van der Waals surface area contributed by atoms with Gasteiger partial charge in [0.05, 0.1) is 12.1 Å². The third kappa shape index (κ3) is 2.08. The van der Waals surface area contributed by atoms with Crippen LogP contribution in [0.1, 0.15) is 11.1 Å². The van der Waals surface area contributed by atoms with Crippen molar-refractivity contribution < 1.29 is 0 Å². The van der Waals surface area contributed by atoms with Gasteiger partial charge in [-0.1, -0.05) is 28.8 Å². The summed E-state index contributed by atoms with van der Waals surface area (Å²) in [4.78, 5) is 6.98. The molecule has 0 amide bonds. The first-order chi connectivity index (χ1) is 7.70. The van der Waals surface area contributed by atoms with Gasteiger partial charge in [-0.2, -0.15) is 0 Å². The van der Waals surface area contributed by atoms with Crippen molar-refractivity contribution in [2.24, 2.45) is 5.11 Å². The molecule has 2 rings (SSSR count). The highest BCUT2D eigenvalue weighted by Crippen LogP contribution is 2.22. The van der Waals surface area contributed by atoms with E-state index in [0.717, 1.165) is 22.0 Å². The fourth-order valence-electron chi connectivity index (χ4n) is 1.52. The van der Waals surface area contributed by atoms with Crippen LogP contribution < -0.4 is 0 Å². The Morgan fingerprint density at radius 2 is 2.25 bits per heavy atom. The molecule has 0 unspecified atom stereocenters. The van der Waals surface area contributed by atoms with Gasteiger partial charge in [0, 0.05) is 10.3 Å². The number of nitrogens with zero attached hydrogens (tertiary/aromatic N) is 4. The first-order valence-electron chi connectivity index (χ1n) is 4.77. The molecule has 0 bridgehead atoms. The number of aryl methyl sites for hydroxylation is 1. The average Bonchev–Trinajstić information content (AvgIpc) is 2.26. The largest absolute Gasteiger partial charge is 0.236 e. The van der Waals surface area contributed by atoms with Gasteiger partial charge in [0.2, 0.25) is 0 Å². The van der Waals surface area contributed by atoms with E-state index in [1.165, 1.54) is 0 Å². The lowest BCUT2D eigenvalue weighted by atomic mass is 10.1. The molecule has 0 aliphatic heterocycles. The molecule has 5 heteroatoms. The predicted molar refractivity (Wildman–Crippen MR) is 64.3 cm³/mol. The van der Waals surface area contributed by atoms with E-state index in [2.05, 4.69) is 15.0 Å². The molecule has 4 nitrogen and oxygen atoms in total. The van der Waals surface area contributed by atoms with Gasteiger partial charge in [0.25, 0.3) is 0 Å². The Labute approximate surface area is 97.5 Å².